The molecule has 1 aromatic rings. The zero-order chi connectivity index (χ0) is 16.5. The summed E-state index contributed by atoms with van der Waals surface area (Å²) in [5.74, 6) is 2.69. The van der Waals surface area contributed by atoms with Gasteiger partial charge in [0.1, 0.15) is 6.61 Å². The highest BCUT2D eigenvalue weighted by atomic mass is 16.6. The van der Waals surface area contributed by atoms with Crippen molar-refractivity contribution in [1.29, 1.82) is 0 Å². The summed E-state index contributed by atoms with van der Waals surface area (Å²) >= 11 is 0. The first-order valence-electron chi connectivity index (χ1n) is 8.68. The van der Waals surface area contributed by atoms with Crippen molar-refractivity contribution in [2.45, 2.75) is 70.6 Å². The van der Waals surface area contributed by atoms with Crippen molar-refractivity contribution in [3.05, 3.63) is 35.9 Å². The van der Waals surface area contributed by atoms with E-state index >= 15 is 0 Å². The van der Waals surface area contributed by atoms with Crippen LogP contribution in [0.1, 0.15) is 57.4 Å². The molecule has 0 aliphatic carbocycles. The van der Waals surface area contributed by atoms with Gasteiger partial charge in [0.15, 0.2) is 0 Å². The van der Waals surface area contributed by atoms with E-state index < -0.39 is 0 Å². The number of carbonyl (C=O) groups excluding carboxylic acids is 1. The summed E-state index contributed by atoms with van der Waals surface area (Å²) < 4.78 is 5.57. The van der Waals surface area contributed by atoms with Crippen LogP contribution in [0.25, 0.3) is 0 Å². The Hall–Kier alpha value is -1.95. The maximum atomic E-state index is 12.6. The largest absolute Gasteiger partial charge is 0.445 e. The van der Waals surface area contributed by atoms with E-state index in [1.807, 2.05) is 35.2 Å². The average molecular weight is 313 g/mol. The van der Waals surface area contributed by atoms with Gasteiger partial charge in [0.25, 0.3) is 0 Å². The van der Waals surface area contributed by atoms with Crippen molar-refractivity contribution < 1.29 is 9.53 Å². The van der Waals surface area contributed by atoms with Gasteiger partial charge in [-0.1, -0.05) is 50.1 Å². The third kappa shape index (κ3) is 5.03. The number of terminal acetylenes is 1. The molecule has 0 aromatic heterocycles. The highest BCUT2D eigenvalue weighted by Crippen LogP contribution is 2.31. The lowest BCUT2D eigenvalue weighted by Gasteiger charge is -2.29. The highest BCUT2D eigenvalue weighted by Gasteiger charge is 2.36. The number of amides is 1. The number of nitrogens with zero attached hydrogens (tertiary/aromatic N) is 1. The minimum absolute atomic E-state index is 0.186. The van der Waals surface area contributed by atoms with Crippen molar-refractivity contribution in [3.8, 4) is 12.3 Å². The van der Waals surface area contributed by atoms with Crippen molar-refractivity contribution in [3.63, 3.8) is 0 Å². The summed E-state index contributed by atoms with van der Waals surface area (Å²) in [4.78, 5) is 14.6. The summed E-state index contributed by atoms with van der Waals surface area (Å²) in [5, 5.41) is 0. The van der Waals surface area contributed by atoms with Crippen molar-refractivity contribution >= 4 is 6.09 Å². The van der Waals surface area contributed by atoms with E-state index in [-0.39, 0.29) is 12.1 Å². The standard InChI is InChI=1S/C20H27NO2/c1-3-5-12-18-14-15-19(13-6-4-2)21(18)20(22)23-16-17-10-8-7-9-11-17/h1,7-11,18-19H,4-6,12-16H2,2H3/t18-,19+/m0/s1. The third-order valence-electron chi connectivity index (χ3n) is 4.55. The molecule has 3 heteroatoms. The van der Waals surface area contributed by atoms with Crippen LogP contribution < -0.4 is 0 Å². The Morgan fingerprint density at radius 3 is 2.61 bits per heavy atom. The van der Waals surface area contributed by atoms with Gasteiger partial charge in [-0.2, -0.15) is 0 Å². The molecule has 1 aliphatic heterocycles. The van der Waals surface area contributed by atoms with Crippen LogP contribution in [0.5, 0.6) is 0 Å². The molecule has 1 fully saturated rings. The predicted octanol–water partition coefficient (Wildman–Crippen LogP) is 4.76. The molecule has 0 saturated carbocycles. The van der Waals surface area contributed by atoms with Crippen molar-refractivity contribution in [2.24, 2.45) is 0 Å². The summed E-state index contributed by atoms with van der Waals surface area (Å²) in [7, 11) is 0. The molecular formula is C20H27NO2. The molecule has 124 valence electrons. The fourth-order valence-electron chi connectivity index (χ4n) is 3.31. The Labute approximate surface area is 140 Å². The predicted molar refractivity (Wildman–Crippen MR) is 92.9 cm³/mol. The molecule has 1 heterocycles. The third-order valence-corrected chi connectivity index (χ3v) is 4.55. The van der Waals surface area contributed by atoms with Crippen LogP contribution in [-0.2, 0) is 11.3 Å². The van der Waals surface area contributed by atoms with Gasteiger partial charge in [0, 0.05) is 18.5 Å². The first-order chi connectivity index (χ1) is 11.3. The second-order valence-electron chi connectivity index (χ2n) is 6.22. The Morgan fingerprint density at radius 2 is 1.96 bits per heavy atom. The quantitative estimate of drug-likeness (QED) is 0.679. The van der Waals surface area contributed by atoms with Gasteiger partial charge >= 0.3 is 6.09 Å². The van der Waals surface area contributed by atoms with Crippen molar-refractivity contribution in [1.82, 2.24) is 4.90 Å². The number of likely N-dealkylation sites (tertiary alicyclic amines) is 1. The minimum atomic E-state index is -0.186. The molecule has 23 heavy (non-hydrogen) atoms. The molecule has 0 bridgehead atoms. The topological polar surface area (TPSA) is 29.5 Å². The minimum Gasteiger partial charge on any atom is -0.445 e. The summed E-state index contributed by atoms with van der Waals surface area (Å²) in [5.41, 5.74) is 1.02. The molecule has 0 N–H and O–H groups in total. The van der Waals surface area contributed by atoms with E-state index in [0.29, 0.717) is 19.1 Å². The molecule has 1 saturated heterocycles. The normalized spacial score (nSPS) is 20.3. The van der Waals surface area contributed by atoms with Gasteiger partial charge in [-0.25, -0.2) is 4.79 Å². The lowest BCUT2D eigenvalue weighted by molar-refractivity contribution is 0.0751. The van der Waals surface area contributed by atoms with Crippen LogP contribution in [-0.4, -0.2) is 23.1 Å². The Balaban J connectivity index is 1.96. The molecule has 0 unspecified atom stereocenters. The SMILES string of the molecule is C#CCC[C@H]1CC[C@@H](CCCC)N1C(=O)OCc1ccccc1. The van der Waals surface area contributed by atoms with Crippen LogP contribution in [0.4, 0.5) is 4.79 Å². The van der Waals surface area contributed by atoms with E-state index in [4.69, 9.17) is 11.2 Å². The van der Waals surface area contributed by atoms with Crippen LogP contribution in [0, 0.1) is 12.3 Å². The molecule has 1 amide bonds. The molecule has 1 aromatic carbocycles. The first kappa shape index (κ1) is 17.4. The van der Waals surface area contributed by atoms with E-state index in [1.165, 1.54) is 0 Å². The average Bonchev–Trinajstić information content (AvgIpc) is 2.99. The summed E-state index contributed by atoms with van der Waals surface area (Å²) in [6.45, 7) is 2.52. The number of rotatable bonds is 7. The lowest BCUT2D eigenvalue weighted by Crippen LogP contribution is -2.41. The van der Waals surface area contributed by atoms with Crippen LogP contribution in [0.15, 0.2) is 30.3 Å². The second kappa shape index (κ2) is 9.25. The molecule has 1 aliphatic rings. The Morgan fingerprint density at radius 1 is 1.26 bits per heavy atom. The van der Waals surface area contributed by atoms with E-state index in [9.17, 15) is 4.79 Å². The number of benzene rings is 1. The summed E-state index contributed by atoms with van der Waals surface area (Å²) in [6, 6.07) is 10.4. The Kier molecular flexibility index (Phi) is 7.00. The zero-order valence-electron chi connectivity index (χ0n) is 14.0. The van der Waals surface area contributed by atoms with Gasteiger partial charge in [0.05, 0.1) is 0 Å². The van der Waals surface area contributed by atoms with E-state index in [0.717, 1.165) is 44.1 Å². The maximum absolute atomic E-state index is 12.6. The van der Waals surface area contributed by atoms with Crippen LogP contribution in [0.2, 0.25) is 0 Å². The highest BCUT2D eigenvalue weighted by molar-refractivity contribution is 5.69. The van der Waals surface area contributed by atoms with Gasteiger partial charge in [-0.05, 0) is 31.2 Å². The number of unbranched alkanes of at least 4 members (excludes halogenated alkanes) is 1. The molecule has 2 atom stereocenters. The van der Waals surface area contributed by atoms with Crippen LogP contribution >= 0.6 is 0 Å². The first-order valence-corrected chi connectivity index (χ1v) is 8.68. The number of ether oxygens (including phenoxy) is 1. The monoisotopic (exact) mass is 313 g/mol. The zero-order valence-corrected chi connectivity index (χ0v) is 14.0. The Bertz CT molecular complexity index is 520. The number of hydrogen-bond donors (Lipinski definition) is 0. The second-order valence-corrected chi connectivity index (χ2v) is 6.22. The number of hydrogen-bond acceptors (Lipinski definition) is 2. The fourth-order valence-corrected chi connectivity index (χ4v) is 3.31. The molecule has 3 nitrogen and oxygen atoms in total. The summed E-state index contributed by atoms with van der Waals surface area (Å²) in [6.07, 6.45) is 12.3. The maximum Gasteiger partial charge on any atom is 0.410 e. The molecular weight excluding hydrogens is 286 g/mol. The molecule has 0 radical (unpaired) electrons. The fraction of sp³-hybridized carbons (Fsp3) is 0.550. The molecule has 0 spiro atoms. The smallest absolute Gasteiger partial charge is 0.410 e. The van der Waals surface area contributed by atoms with Gasteiger partial charge in [-0.3, -0.25) is 0 Å². The van der Waals surface area contributed by atoms with Gasteiger partial charge in [-0.15, -0.1) is 12.3 Å². The van der Waals surface area contributed by atoms with Gasteiger partial charge < -0.3 is 9.64 Å². The van der Waals surface area contributed by atoms with Gasteiger partial charge in [0.2, 0.25) is 0 Å². The van der Waals surface area contributed by atoms with Crippen molar-refractivity contribution in [2.75, 3.05) is 0 Å². The molecule has 2 rings (SSSR count). The lowest BCUT2D eigenvalue weighted by atomic mass is 10.1. The van der Waals surface area contributed by atoms with E-state index in [2.05, 4.69) is 12.8 Å². The van der Waals surface area contributed by atoms with Crippen LogP contribution in [0.3, 0.4) is 0 Å². The number of carbonyl (C=O) groups is 1. The van der Waals surface area contributed by atoms with E-state index in [1.54, 1.807) is 0 Å².